The molecule has 0 unspecified atom stereocenters. The second-order valence-corrected chi connectivity index (χ2v) is 7.21. The molecule has 84 valence electrons. The molecule has 0 aliphatic rings. The first-order valence-corrected chi connectivity index (χ1v) is 7.78. The van der Waals surface area contributed by atoms with Gasteiger partial charge in [0.05, 0.1) is 0 Å². The summed E-state index contributed by atoms with van der Waals surface area (Å²) in [5.41, 5.74) is 0.435. The van der Waals surface area contributed by atoms with Crippen LogP contribution in [-0.2, 0) is 19.7 Å². The van der Waals surface area contributed by atoms with Gasteiger partial charge in [0, 0.05) is 12.5 Å². The Morgan fingerprint density at radius 3 is 1.93 bits per heavy atom. The Kier molecular flexibility index (Phi) is 2.88. The van der Waals surface area contributed by atoms with E-state index in [9.17, 15) is 16.8 Å². The minimum atomic E-state index is -3.49. The lowest BCUT2D eigenvalue weighted by Gasteiger charge is -2.04. The SMILES string of the molecule is Cc1ccc(S(C)(=O)=O)nc1S(C)(=O)=O. The largest absolute Gasteiger partial charge is 0.224 e. The molecule has 1 aromatic rings. The molecule has 0 aliphatic carbocycles. The summed E-state index contributed by atoms with van der Waals surface area (Å²) in [5.74, 6) is 0. The van der Waals surface area contributed by atoms with Crippen molar-refractivity contribution in [1.82, 2.24) is 4.98 Å². The van der Waals surface area contributed by atoms with Crippen molar-refractivity contribution < 1.29 is 16.8 Å². The quantitative estimate of drug-likeness (QED) is 0.747. The molecule has 7 heteroatoms. The molecule has 0 spiro atoms. The number of pyridine rings is 1. The molecule has 0 N–H and O–H groups in total. The lowest BCUT2D eigenvalue weighted by atomic mass is 10.3. The van der Waals surface area contributed by atoms with Gasteiger partial charge in [-0.15, -0.1) is 0 Å². The normalized spacial score (nSPS) is 12.7. The average Bonchev–Trinajstić information content (AvgIpc) is 2.00. The fourth-order valence-corrected chi connectivity index (χ4v) is 2.62. The third-order valence-corrected chi connectivity index (χ3v) is 3.86. The summed E-state index contributed by atoms with van der Waals surface area (Å²) in [6.07, 6.45) is 1.98. The van der Waals surface area contributed by atoms with E-state index in [1.807, 2.05) is 0 Å². The number of nitrogens with zero attached hydrogens (tertiary/aromatic N) is 1. The Bertz CT molecular complexity index is 587. The van der Waals surface area contributed by atoms with E-state index in [-0.39, 0.29) is 10.1 Å². The minimum absolute atomic E-state index is 0.189. The summed E-state index contributed by atoms with van der Waals surface area (Å²) < 4.78 is 44.9. The van der Waals surface area contributed by atoms with Crippen molar-refractivity contribution in [3.63, 3.8) is 0 Å². The van der Waals surface area contributed by atoms with E-state index in [4.69, 9.17) is 0 Å². The number of aromatic nitrogens is 1. The second-order valence-electron chi connectivity index (χ2n) is 3.32. The Hall–Kier alpha value is -0.950. The van der Waals surface area contributed by atoms with E-state index >= 15 is 0 Å². The monoisotopic (exact) mass is 249 g/mol. The summed E-state index contributed by atoms with van der Waals surface area (Å²) in [7, 11) is -6.97. The van der Waals surface area contributed by atoms with E-state index in [2.05, 4.69) is 4.98 Å². The summed E-state index contributed by atoms with van der Waals surface area (Å²) >= 11 is 0. The van der Waals surface area contributed by atoms with Gasteiger partial charge in [0.25, 0.3) is 0 Å². The molecule has 15 heavy (non-hydrogen) atoms. The lowest BCUT2D eigenvalue weighted by Crippen LogP contribution is -2.08. The Morgan fingerprint density at radius 1 is 1.00 bits per heavy atom. The van der Waals surface area contributed by atoms with Gasteiger partial charge in [-0.1, -0.05) is 6.07 Å². The molecule has 0 aromatic carbocycles. The van der Waals surface area contributed by atoms with Crippen molar-refractivity contribution in [2.24, 2.45) is 0 Å². The van der Waals surface area contributed by atoms with Gasteiger partial charge >= 0.3 is 0 Å². The van der Waals surface area contributed by atoms with Crippen LogP contribution in [0, 0.1) is 6.92 Å². The van der Waals surface area contributed by atoms with E-state index in [1.54, 1.807) is 6.92 Å². The molecule has 0 bridgehead atoms. The van der Waals surface area contributed by atoms with Crippen LogP contribution in [0.4, 0.5) is 0 Å². The predicted octanol–water partition coefficient (Wildman–Crippen LogP) is 0.197. The molecule has 0 atom stereocenters. The molecule has 1 rings (SSSR count). The van der Waals surface area contributed by atoms with Crippen LogP contribution >= 0.6 is 0 Å². The van der Waals surface area contributed by atoms with Crippen LogP contribution in [0.25, 0.3) is 0 Å². The maximum atomic E-state index is 11.3. The van der Waals surface area contributed by atoms with Gasteiger partial charge in [0.1, 0.15) is 0 Å². The molecule has 0 fully saturated rings. The van der Waals surface area contributed by atoms with E-state index in [1.165, 1.54) is 12.1 Å². The van der Waals surface area contributed by atoms with Crippen LogP contribution in [0.1, 0.15) is 5.56 Å². The number of hydrogen-bond acceptors (Lipinski definition) is 5. The highest BCUT2D eigenvalue weighted by Gasteiger charge is 2.17. The second kappa shape index (κ2) is 3.57. The number of rotatable bonds is 2. The lowest BCUT2D eigenvalue weighted by molar-refractivity contribution is 0.590. The summed E-state index contributed by atoms with van der Waals surface area (Å²) in [6, 6.07) is 2.72. The number of aryl methyl sites for hydroxylation is 1. The van der Waals surface area contributed by atoms with E-state index in [0.29, 0.717) is 5.56 Å². The summed E-state index contributed by atoms with van der Waals surface area (Å²) in [6.45, 7) is 1.56. The van der Waals surface area contributed by atoms with Crippen LogP contribution < -0.4 is 0 Å². The van der Waals surface area contributed by atoms with Gasteiger partial charge in [-0.2, -0.15) is 0 Å². The Labute approximate surface area is 89.0 Å². The average molecular weight is 249 g/mol. The van der Waals surface area contributed by atoms with Gasteiger partial charge in [-0.25, -0.2) is 21.8 Å². The van der Waals surface area contributed by atoms with Crippen LogP contribution in [0.15, 0.2) is 22.2 Å². The van der Waals surface area contributed by atoms with Crippen molar-refractivity contribution in [2.75, 3.05) is 12.5 Å². The predicted molar refractivity (Wildman–Crippen MR) is 55.2 cm³/mol. The zero-order chi connectivity index (χ0) is 11.9. The van der Waals surface area contributed by atoms with Crippen molar-refractivity contribution in [2.45, 2.75) is 17.0 Å². The van der Waals surface area contributed by atoms with Gasteiger partial charge in [-0.05, 0) is 18.6 Å². The van der Waals surface area contributed by atoms with Gasteiger partial charge < -0.3 is 0 Å². The minimum Gasteiger partial charge on any atom is -0.224 e. The first-order chi connectivity index (χ1) is 6.62. The topological polar surface area (TPSA) is 81.2 Å². The molecular weight excluding hydrogens is 238 g/mol. The van der Waals surface area contributed by atoms with Crippen molar-refractivity contribution >= 4 is 19.7 Å². The van der Waals surface area contributed by atoms with E-state index in [0.717, 1.165) is 12.5 Å². The van der Waals surface area contributed by atoms with Crippen LogP contribution in [0.5, 0.6) is 0 Å². The van der Waals surface area contributed by atoms with Gasteiger partial charge in [-0.3, -0.25) is 0 Å². The fraction of sp³-hybridized carbons (Fsp3) is 0.375. The highest BCUT2D eigenvalue weighted by atomic mass is 32.2. The third kappa shape index (κ3) is 2.75. The fourth-order valence-electron chi connectivity index (χ4n) is 1.07. The Morgan fingerprint density at radius 2 is 1.53 bits per heavy atom. The highest BCUT2D eigenvalue weighted by Crippen LogP contribution is 2.15. The Balaban J connectivity index is 3.57. The maximum absolute atomic E-state index is 11.3. The van der Waals surface area contributed by atoms with Crippen LogP contribution in [0.3, 0.4) is 0 Å². The molecule has 0 amide bonds. The smallest absolute Gasteiger partial charge is 0.193 e. The van der Waals surface area contributed by atoms with Gasteiger partial charge in [0.2, 0.25) is 0 Å². The van der Waals surface area contributed by atoms with Crippen molar-refractivity contribution in [3.05, 3.63) is 17.7 Å². The first kappa shape index (κ1) is 12.1. The zero-order valence-corrected chi connectivity index (χ0v) is 10.2. The molecule has 0 aliphatic heterocycles. The third-order valence-electron chi connectivity index (χ3n) is 1.76. The zero-order valence-electron chi connectivity index (χ0n) is 8.55. The van der Waals surface area contributed by atoms with Crippen molar-refractivity contribution in [1.29, 1.82) is 0 Å². The molecule has 1 aromatic heterocycles. The molecule has 1 heterocycles. The highest BCUT2D eigenvalue weighted by molar-refractivity contribution is 7.91. The molecule has 5 nitrogen and oxygen atoms in total. The molecule has 0 saturated heterocycles. The summed E-state index contributed by atoms with van der Waals surface area (Å²) in [4.78, 5) is 3.64. The van der Waals surface area contributed by atoms with E-state index < -0.39 is 19.7 Å². The molecule has 0 radical (unpaired) electrons. The standard InChI is InChI=1S/C8H11NO4S2/c1-6-4-5-7(14(2,10)11)9-8(6)15(3,12)13/h4-5H,1-3H3. The first-order valence-electron chi connectivity index (χ1n) is 4.00. The number of hydrogen-bond donors (Lipinski definition) is 0. The summed E-state index contributed by atoms with van der Waals surface area (Å²) in [5, 5.41) is -0.418. The maximum Gasteiger partial charge on any atom is 0.193 e. The molecular formula is C8H11NO4S2. The van der Waals surface area contributed by atoms with Crippen molar-refractivity contribution in [3.8, 4) is 0 Å². The van der Waals surface area contributed by atoms with Crippen LogP contribution in [-0.4, -0.2) is 34.3 Å². The van der Waals surface area contributed by atoms with Crippen LogP contribution in [0.2, 0.25) is 0 Å². The van der Waals surface area contributed by atoms with Gasteiger partial charge in [0.15, 0.2) is 29.7 Å². The number of sulfone groups is 2. The molecule has 0 saturated carbocycles.